The van der Waals surface area contributed by atoms with Crippen LogP contribution in [0.4, 0.5) is 0 Å². The molecule has 1 amide bonds. The van der Waals surface area contributed by atoms with Crippen LogP contribution in [0.2, 0.25) is 5.02 Å². The fraction of sp³-hybridized carbons (Fsp3) is 0.286. The Labute approximate surface area is 163 Å². The van der Waals surface area contributed by atoms with Crippen LogP contribution in [0.5, 0.6) is 0 Å². The van der Waals surface area contributed by atoms with E-state index in [-0.39, 0.29) is 12.3 Å². The van der Waals surface area contributed by atoms with Gasteiger partial charge in [0.1, 0.15) is 0 Å². The topological polar surface area (TPSA) is 68.0 Å². The first-order valence-corrected chi connectivity index (χ1v) is 9.33. The second-order valence-corrected chi connectivity index (χ2v) is 7.06. The van der Waals surface area contributed by atoms with E-state index < -0.39 is 0 Å². The highest BCUT2D eigenvalue weighted by Crippen LogP contribution is 2.21. The van der Waals surface area contributed by atoms with Crippen molar-refractivity contribution in [3.63, 3.8) is 0 Å². The Morgan fingerprint density at radius 1 is 1.15 bits per heavy atom. The summed E-state index contributed by atoms with van der Waals surface area (Å²) in [6.07, 6.45) is 0.670. The smallest absolute Gasteiger partial charge is 0.227 e. The van der Waals surface area contributed by atoms with Crippen LogP contribution in [0.1, 0.15) is 43.2 Å². The van der Waals surface area contributed by atoms with Crippen LogP contribution in [0.15, 0.2) is 53.1 Å². The molecule has 0 radical (unpaired) electrons. The lowest BCUT2D eigenvalue weighted by Crippen LogP contribution is -2.23. The van der Waals surface area contributed by atoms with Gasteiger partial charge in [-0.2, -0.15) is 4.98 Å². The minimum absolute atomic E-state index is 0.0871. The van der Waals surface area contributed by atoms with Crippen molar-refractivity contribution in [2.45, 2.75) is 39.2 Å². The number of nitrogens with zero attached hydrogens (tertiary/aromatic N) is 2. The van der Waals surface area contributed by atoms with Crippen LogP contribution in [-0.2, 0) is 17.8 Å². The quantitative estimate of drug-likeness (QED) is 0.638. The molecule has 0 saturated carbocycles. The molecule has 5 nitrogen and oxygen atoms in total. The van der Waals surface area contributed by atoms with Gasteiger partial charge in [-0.25, -0.2) is 0 Å². The molecule has 1 N–H and O–H groups in total. The second kappa shape index (κ2) is 8.82. The van der Waals surface area contributed by atoms with Crippen LogP contribution < -0.4 is 5.32 Å². The average molecular weight is 384 g/mol. The second-order valence-electron chi connectivity index (χ2n) is 6.66. The molecule has 140 valence electrons. The molecule has 0 aliphatic heterocycles. The van der Waals surface area contributed by atoms with Crippen molar-refractivity contribution in [2.75, 3.05) is 0 Å². The molecule has 1 aromatic heterocycles. The average Bonchev–Trinajstić information content (AvgIpc) is 3.15. The Hall–Kier alpha value is -2.66. The number of rotatable bonds is 7. The predicted octanol–water partition coefficient (Wildman–Crippen LogP) is 4.76. The summed E-state index contributed by atoms with van der Waals surface area (Å²) in [6, 6.07) is 15.5. The van der Waals surface area contributed by atoms with Gasteiger partial charge in [0.05, 0.1) is 0 Å². The van der Waals surface area contributed by atoms with Gasteiger partial charge in [0, 0.05) is 30.0 Å². The van der Waals surface area contributed by atoms with E-state index in [2.05, 4.69) is 41.4 Å². The van der Waals surface area contributed by atoms with Gasteiger partial charge >= 0.3 is 0 Å². The Morgan fingerprint density at radius 2 is 1.89 bits per heavy atom. The van der Waals surface area contributed by atoms with E-state index in [9.17, 15) is 4.79 Å². The lowest BCUT2D eigenvalue weighted by molar-refractivity contribution is -0.121. The molecule has 0 atom stereocenters. The van der Waals surface area contributed by atoms with Crippen molar-refractivity contribution in [1.82, 2.24) is 15.5 Å². The van der Waals surface area contributed by atoms with Crippen molar-refractivity contribution in [3.8, 4) is 11.4 Å². The number of aromatic nitrogens is 2. The van der Waals surface area contributed by atoms with E-state index in [0.29, 0.717) is 35.6 Å². The lowest BCUT2D eigenvalue weighted by Gasteiger charge is -2.06. The van der Waals surface area contributed by atoms with Gasteiger partial charge in [0.2, 0.25) is 17.6 Å². The Kier molecular flexibility index (Phi) is 6.24. The molecule has 0 bridgehead atoms. The summed E-state index contributed by atoms with van der Waals surface area (Å²) in [5, 5.41) is 7.50. The van der Waals surface area contributed by atoms with E-state index in [0.717, 1.165) is 11.1 Å². The minimum Gasteiger partial charge on any atom is -0.352 e. The van der Waals surface area contributed by atoms with Gasteiger partial charge in [0.25, 0.3) is 0 Å². The number of halogens is 1. The minimum atomic E-state index is -0.0871. The van der Waals surface area contributed by atoms with Crippen molar-refractivity contribution in [1.29, 1.82) is 0 Å². The number of hydrogen-bond acceptors (Lipinski definition) is 4. The molecular weight excluding hydrogens is 362 g/mol. The van der Waals surface area contributed by atoms with Gasteiger partial charge < -0.3 is 9.84 Å². The summed E-state index contributed by atoms with van der Waals surface area (Å²) in [4.78, 5) is 16.4. The van der Waals surface area contributed by atoms with Gasteiger partial charge in [0.15, 0.2) is 0 Å². The zero-order valence-corrected chi connectivity index (χ0v) is 16.2. The number of benzene rings is 2. The number of nitrogens with one attached hydrogen (secondary N) is 1. The number of hydrogen-bond donors (Lipinski definition) is 1. The SMILES string of the molecule is CC(C)c1ccc(-c2noc(CCC(=O)NCc3ccccc3Cl)n2)cc1. The normalized spacial score (nSPS) is 11.0. The van der Waals surface area contributed by atoms with Crippen molar-refractivity contribution in [3.05, 3.63) is 70.6 Å². The third kappa shape index (κ3) is 5.17. The first-order valence-electron chi connectivity index (χ1n) is 8.96. The van der Waals surface area contributed by atoms with Crippen LogP contribution in [-0.4, -0.2) is 16.0 Å². The fourth-order valence-electron chi connectivity index (χ4n) is 2.64. The molecular formula is C21H22ClN3O2. The largest absolute Gasteiger partial charge is 0.352 e. The van der Waals surface area contributed by atoms with Crippen molar-refractivity contribution >= 4 is 17.5 Å². The molecule has 2 aromatic carbocycles. The number of amides is 1. The van der Waals surface area contributed by atoms with Gasteiger partial charge in [-0.15, -0.1) is 0 Å². The van der Waals surface area contributed by atoms with E-state index in [1.54, 1.807) is 6.07 Å². The first-order chi connectivity index (χ1) is 13.0. The standard InChI is InChI=1S/C21H22ClN3O2/c1-14(2)15-7-9-16(10-8-15)21-24-20(27-25-21)12-11-19(26)23-13-17-5-3-4-6-18(17)22/h3-10,14H,11-13H2,1-2H3,(H,23,26). The van der Waals surface area contributed by atoms with Gasteiger partial charge in [-0.1, -0.05) is 73.1 Å². The van der Waals surface area contributed by atoms with Crippen LogP contribution in [0.3, 0.4) is 0 Å². The molecule has 0 aliphatic carbocycles. The number of aryl methyl sites for hydroxylation is 1. The van der Waals surface area contributed by atoms with E-state index in [1.165, 1.54) is 5.56 Å². The van der Waals surface area contributed by atoms with Crippen LogP contribution in [0, 0.1) is 0 Å². The highest BCUT2D eigenvalue weighted by Gasteiger charge is 2.11. The Bertz CT molecular complexity index is 904. The molecule has 0 fully saturated rings. The molecule has 0 unspecified atom stereocenters. The summed E-state index contributed by atoms with van der Waals surface area (Å²) in [5.74, 6) is 1.38. The molecule has 0 spiro atoms. The number of carbonyl (C=O) groups is 1. The summed E-state index contributed by atoms with van der Waals surface area (Å²) < 4.78 is 5.27. The zero-order chi connectivity index (χ0) is 19.2. The summed E-state index contributed by atoms with van der Waals surface area (Å²) in [5.41, 5.74) is 3.05. The summed E-state index contributed by atoms with van der Waals surface area (Å²) >= 11 is 6.08. The predicted molar refractivity (Wildman–Crippen MR) is 105 cm³/mol. The van der Waals surface area contributed by atoms with E-state index in [1.807, 2.05) is 30.3 Å². The Morgan fingerprint density at radius 3 is 2.59 bits per heavy atom. The molecule has 3 rings (SSSR count). The van der Waals surface area contributed by atoms with Gasteiger partial charge in [-0.05, 0) is 23.1 Å². The maximum atomic E-state index is 12.0. The molecule has 1 heterocycles. The number of carbonyl (C=O) groups excluding carboxylic acids is 1. The summed E-state index contributed by atoms with van der Waals surface area (Å²) in [7, 11) is 0. The zero-order valence-electron chi connectivity index (χ0n) is 15.4. The monoisotopic (exact) mass is 383 g/mol. The molecule has 0 aliphatic rings. The Balaban J connectivity index is 1.52. The van der Waals surface area contributed by atoms with Crippen molar-refractivity contribution < 1.29 is 9.32 Å². The summed E-state index contributed by atoms with van der Waals surface area (Å²) in [6.45, 7) is 4.70. The maximum absolute atomic E-state index is 12.0. The highest BCUT2D eigenvalue weighted by molar-refractivity contribution is 6.31. The fourth-order valence-corrected chi connectivity index (χ4v) is 2.84. The van der Waals surface area contributed by atoms with Crippen molar-refractivity contribution in [2.24, 2.45) is 0 Å². The maximum Gasteiger partial charge on any atom is 0.227 e. The highest BCUT2D eigenvalue weighted by atomic mass is 35.5. The van der Waals surface area contributed by atoms with E-state index in [4.69, 9.17) is 16.1 Å². The van der Waals surface area contributed by atoms with Crippen LogP contribution in [0.25, 0.3) is 11.4 Å². The molecule has 6 heteroatoms. The molecule has 27 heavy (non-hydrogen) atoms. The van der Waals surface area contributed by atoms with Gasteiger partial charge in [-0.3, -0.25) is 4.79 Å². The van der Waals surface area contributed by atoms with Crippen LogP contribution >= 0.6 is 11.6 Å². The third-order valence-electron chi connectivity index (χ3n) is 4.30. The van der Waals surface area contributed by atoms with E-state index >= 15 is 0 Å². The first kappa shape index (κ1) is 19.1. The lowest BCUT2D eigenvalue weighted by atomic mass is 10.0. The molecule has 0 saturated heterocycles. The molecule has 3 aromatic rings. The third-order valence-corrected chi connectivity index (χ3v) is 4.67.